The molecule has 0 spiro atoms. The molecule has 0 fully saturated rings. The van der Waals surface area contributed by atoms with Crippen LogP contribution in [0.25, 0.3) is 0 Å². The van der Waals surface area contributed by atoms with Crippen molar-refractivity contribution >= 4 is 34.8 Å². The van der Waals surface area contributed by atoms with Crippen molar-refractivity contribution in [2.75, 3.05) is 22.5 Å². The van der Waals surface area contributed by atoms with Gasteiger partial charge >= 0.3 is 6.03 Å². The summed E-state index contributed by atoms with van der Waals surface area (Å²) >= 11 is 0. The van der Waals surface area contributed by atoms with Crippen LogP contribution >= 0.6 is 0 Å². The van der Waals surface area contributed by atoms with Crippen molar-refractivity contribution in [3.63, 3.8) is 0 Å². The van der Waals surface area contributed by atoms with E-state index in [2.05, 4.69) is 31.2 Å². The van der Waals surface area contributed by atoms with E-state index in [1.165, 1.54) is 12.4 Å². The standard InChI is InChI=1S/C21H22N6O3/c1-3-22-21(30)27-18-10-17(25-14-7-5-4-6-8-14)16(12-23-18)20(29)26-15-9-13(2)19(28)24-11-15/h4-12H,3H2,1-2H3,(H,24,28)(H,26,29)(H3,22,23,25,27,30). The van der Waals surface area contributed by atoms with Gasteiger partial charge in [0.05, 0.1) is 16.9 Å². The van der Waals surface area contributed by atoms with Crippen molar-refractivity contribution in [2.24, 2.45) is 0 Å². The molecule has 0 bridgehead atoms. The quantitative estimate of drug-likeness (QED) is 0.429. The van der Waals surface area contributed by atoms with Gasteiger partial charge in [-0.1, -0.05) is 18.2 Å². The molecular weight excluding hydrogens is 384 g/mol. The Labute approximate surface area is 172 Å². The number of aromatic nitrogens is 2. The Bertz CT molecular complexity index is 1110. The van der Waals surface area contributed by atoms with E-state index < -0.39 is 11.9 Å². The molecule has 0 aliphatic heterocycles. The number of aryl methyl sites for hydroxylation is 1. The van der Waals surface area contributed by atoms with Crippen molar-refractivity contribution in [1.82, 2.24) is 15.3 Å². The minimum atomic E-state index is -0.420. The number of nitrogens with one attached hydrogen (secondary N) is 5. The minimum absolute atomic E-state index is 0.220. The van der Waals surface area contributed by atoms with Crippen LogP contribution in [0.15, 0.2) is 59.7 Å². The summed E-state index contributed by atoms with van der Waals surface area (Å²) in [4.78, 5) is 42.9. The third-order valence-corrected chi connectivity index (χ3v) is 4.13. The monoisotopic (exact) mass is 406 g/mol. The molecule has 9 nitrogen and oxygen atoms in total. The van der Waals surface area contributed by atoms with Crippen molar-refractivity contribution in [3.05, 3.63) is 76.3 Å². The molecule has 154 valence electrons. The molecule has 2 heterocycles. The maximum absolute atomic E-state index is 12.9. The molecule has 0 atom stereocenters. The number of amides is 3. The average molecular weight is 406 g/mol. The molecule has 0 unspecified atom stereocenters. The second kappa shape index (κ2) is 9.37. The third-order valence-electron chi connectivity index (χ3n) is 4.13. The smallest absolute Gasteiger partial charge is 0.320 e. The molecule has 3 aromatic rings. The number of carbonyl (C=O) groups is 2. The first kappa shape index (κ1) is 20.6. The zero-order valence-electron chi connectivity index (χ0n) is 16.6. The molecule has 0 aliphatic carbocycles. The second-order valence-corrected chi connectivity index (χ2v) is 6.45. The highest BCUT2D eigenvalue weighted by molar-refractivity contribution is 6.08. The number of carbonyl (C=O) groups excluding carboxylic acids is 2. The number of nitrogens with zero attached hydrogens (tertiary/aromatic N) is 1. The van der Waals surface area contributed by atoms with Crippen molar-refractivity contribution < 1.29 is 9.59 Å². The molecule has 2 aromatic heterocycles. The lowest BCUT2D eigenvalue weighted by atomic mass is 10.2. The van der Waals surface area contributed by atoms with Crippen LogP contribution in [0.2, 0.25) is 0 Å². The second-order valence-electron chi connectivity index (χ2n) is 6.45. The summed E-state index contributed by atoms with van der Waals surface area (Å²) in [5.41, 5.74) is 2.21. The molecule has 0 saturated carbocycles. The largest absolute Gasteiger partial charge is 0.355 e. The van der Waals surface area contributed by atoms with Crippen LogP contribution in [0.1, 0.15) is 22.8 Å². The number of anilines is 4. The lowest BCUT2D eigenvalue weighted by Gasteiger charge is -2.14. The molecule has 1 aromatic carbocycles. The van der Waals surface area contributed by atoms with E-state index in [0.29, 0.717) is 23.5 Å². The number of hydrogen-bond donors (Lipinski definition) is 5. The fourth-order valence-corrected chi connectivity index (χ4v) is 2.67. The summed E-state index contributed by atoms with van der Waals surface area (Å²) in [6, 6.07) is 12.1. The molecule has 30 heavy (non-hydrogen) atoms. The van der Waals surface area contributed by atoms with Crippen LogP contribution in [0.4, 0.5) is 27.7 Å². The fraction of sp³-hybridized carbons (Fsp3) is 0.143. The van der Waals surface area contributed by atoms with Gasteiger partial charge in [0.1, 0.15) is 5.82 Å². The van der Waals surface area contributed by atoms with E-state index in [0.717, 1.165) is 5.69 Å². The van der Waals surface area contributed by atoms with Gasteiger partial charge in [-0.3, -0.25) is 14.9 Å². The molecule has 0 aliphatic rings. The Morgan fingerprint density at radius 1 is 1.07 bits per heavy atom. The van der Waals surface area contributed by atoms with E-state index in [1.807, 2.05) is 30.3 Å². The van der Waals surface area contributed by atoms with Crippen LogP contribution in [0.3, 0.4) is 0 Å². The Kier molecular flexibility index (Phi) is 6.43. The lowest BCUT2D eigenvalue weighted by Crippen LogP contribution is -2.28. The van der Waals surface area contributed by atoms with E-state index in [-0.39, 0.29) is 16.9 Å². The number of para-hydroxylation sites is 1. The number of aromatic amines is 1. The van der Waals surface area contributed by atoms with Gasteiger partial charge in [0.15, 0.2) is 0 Å². The molecule has 3 amide bonds. The normalized spacial score (nSPS) is 10.2. The maximum Gasteiger partial charge on any atom is 0.320 e. The van der Waals surface area contributed by atoms with Gasteiger partial charge in [0, 0.05) is 36.3 Å². The zero-order valence-corrected chi connectivity index (χ0v) is 16.6. The number of H-pyrrole nitrogens is 1. The Morgan fingerprint density at radius 3 is 2.53 bits per heavy atom. The first-order valence-electron chi connectivity index (χ1n) is 9.34. The summed E-state index contributed by atoms with van der Waals surface area (Å²) in [6.07, 6.45) is 2.80. The Morgan fingerprint density at radius 2 is 1.83 bits per heavy atom. The predicted octanol–water partition coefficient (Wildman–Crippen LogP) is 3.22. The van der Waals surface area contributed by atoms with Gasteiger partial charge in [-0.2, -0.15) is 0 Å². The van der Waals surface area contributed by atoms with Gasteiger partial charge < -0.3 is 20.9 Å². The van der Waals surface area contributed by atoms with Gasteiger partial charge in [0.2, 0.25) is 0 Å². The first-order chi connectivity index (χ1) is 14.5. The zero-order chi connectivity index (χ0) is 21.5. The van der Waals surface area contributed by atoms with Crippen LogP contribution < -0.4 is 26.8 Å². The molecular formula is C21H22N6O3. The van der Waals surface area contributed by atoms with Crippen LogP contribution in [-0.4, -0.2) is 28.5 Å². The highest BCUT2D eigenvalue weighted by atomic mass is 16.2. The predicted molar refractivity (Wildman–Crippen MR) is 116 cm³/mol. The number of urea groups is 1. The fourth-order valence-electron chi connectivity index (χ4n) is 2.67. The van der Waals surface area contributed by atoms with Gasteiger partial charge in [-0.05, 0) is 32.0 Å². The minimum Gasteiger partial charge on any atom is -0.355 e. The van der Waals surface area contributed by atoms with Crippen molar-refractivity contribution in [3.8, 4) is 0 Å². The van der Waals surface area contributed by atoms with Gasteiger partial charge in [-0.15, -0.1) is 0 Å². The summed E-state index contributed by atoms with van der Waals surface area (Å²) in [6.45, 7) is 3.93. The average Bonchev–Trinajstić information content (AvgIpc) is 2.72. The summed E-state index contributed by atoms with van der Waals surface area (Å²) in [7, 11) is 0. The van der Waals surface area contributed by atoms with Gasteiger partial charge in [0.25, 0.3) is 11.5 Å². The van der Waals surface area contributed by atoms with Crippen LogP contribution in [0.5, 0.6) is 0 Å². The topological polar surface area (TPSA) is 128 Å². The Hall–Kier alpha value is -4.14. The molecule has 3 rings (SSSR count). The van der Waals surface area contributed by atoms with Crippen molar-refractivity contribution in [2.45, 2.75) is 13.8 Å². The summed E-state index contributed by atoms with van der Waals surface area (Å²) < 4.78 is 0. The van der Waals surface area contributed by atoms with E-state index in [9.17, 15) is 14.4 Å². The van der Waals surface area contributed by atoms with E-state index >= 15 is 0 Å². The van der Waals surface area contributed by atoms with E-state index in [4.69, 9.17) is 0 Å². The van der Waals surface area contributed by atoms with Crippen molar-refractivity contribution in [1.29, 1.82) is 0 Å². The SMILES string of the molecule is CCNC(=O)Nc1cc(Nc2ccccc2)c(C(=O)Nc2c[nH]c(=O)c(C)c2)cn1. The summed E-state index contributed by atoms with van der Waals surface area (Å²) in [5.74, 6) is -0.132. The molecule has 0 radical (unpaired) electrons. The number of rotatable bonds is 6. The number of pyridine rings is 2. The Balaban J connectivity index is 1.90. The first-order valence-corrected chi connectivity index (χ1v) is 9.34. The maximum atomic E-state index is 12.9. The number of benzene rings is 1. The molecule has 5 N–H and O–H groups in total. The van der Waals surface area contributed by atoms with E-state index in [1.54, 1.807) is 26.0 Å². The lowest BCUT2D eigenvalue weighted by molar-refractivity contribution is 0.102. The number of hydrogen-bond acceptors (Lipinski definition) is 5. The van der Waals surface area contributed by atoms with Crippen LogP contribution in [-0.2, 0) is 0 Å². The van der Waals surface area contributed by atoms with Gasteiger partial charge in [-0.25, -0.2) is 9.78 Å². The molecule has 9 heteroatoms. The highest BCUT2D eigenvalue weighted by Gasteiger charge is 2.15. The summed E-state index contributed by atoms with van der Waals surface area (Å²) in [5, 5.41) is 11.2. The third kappa shape index (κ3) is 5.22. The van der Waals surface area contributed by atoms with Crippen LogP contribution in [0, 0.1) is 6.92 Å². The molecule has 0 saturated heterocycles. The highest BCUT2D eigenvalue weighted by Crippen LogP contribution is 2.24.